The van der Waals surface area contributed by atoms with E-state index in [1.807, 2.05) is 38.1 Å². The Morgan fingerprint density at radius 2 is 1.59 bits per heavy atom. The molecule has 0 bridgehead atoms. The molecule has 0 amide bonds. The van der Waals surface area contributed by atoms with E-state index in [0.29, 0.717) is 0 Å². The van der Waals surface area contributed by atoms with E-state index in [2.05, 4.69) is 0 Å². The number of halogens is 3. The number of alkyl halides is 3. The standard InChI is InChI=1S/C25H19F3O4/c1-15-6-8-18(9-7-15)31-23-22(29)20-11-10-19(13-21(20)32-24(23)25(26,27)28)30-14-17-5-3-4-16(2)12-17/h3-13H,14H2,1-2H3. The normalized spacial score (nSPS) is 11.5. The molecule has 0 N–H and O–H groups in total. The van der Waals surface area contributed by atoms with E-state index in [9.17, 15) is 18.0 Å². The molecule has 0 fully saturated rings. The van der Waals surface area contributed by atoms with Gasteiger partial charge in [-0.25, -0.2) is 0 Å². The lowest BCUT2D eigenvalue weighted by Gasteiger charge is -2.14. The molecule has 0 aliphatic rings. The van der Waals surface area contributed by atoms with Crippen LogP contribution >= 0.6 is 0 Å². The zero-order valence-corrected chi connectivity index (χ0v) is 17.3. The number of aryl methyl sites for hydroxylation is 2. The third-order valence-corrected chi connectivity index (χ3v) is 4.81. The highest BCUT2D eigenvalue weighted by Crippen LogP contribution is 2.38. The van der Waals surface area contributed by atoms with Crippen LogP contribution in [0, 0.1) is 13.8 Å². The number of hydrogen-bond donors (Lipinski definition) is 0. The van der Waals surface area contributed by atoms with Crippen LogP contribution in [-0.4, -0.2) is 0 Å². The molecule has 0 saturated heterocycles. The van der Waals surface area contributed by atoms with Gasteiger partial charge in [-0.15, -0.1) is 0 Å². The second kappa shape index (κ2) is 8.42. The van der Waals surface area contributed by atoms with E-state index in [-0.39, 0.29) is 29.1 Å². The van der Waals surface area contributed by atoms with Crippen molar-refractivity contribution in [2.24, 2.45) is 0 Å². The van der Waals surface area contributed by atoms with Gasteiger partial charge in [-0.3, -0.25) is 4.79 Å². The van der Waals surface area contributed by atoms with Gasteiger partial charge in [-0.1, -0.05) is 47.5 Å². The summed E-state index contributed by atoms with van der Waals surface area (Å²) >= 11 is 0. The highest BCUT2D eigenvalue weighted by Gasteiger charge is 2.40. The van der Waals surface area contributed by atoms with Gasteiger partial charge in [0.1, 0.15) is 23.7 Å². The van der Waals surface area contributed by atoms with Crippen molar-refractivity contribution >= 4 is 11.0 Å². The maximum Gasteiger partial charge on any atom is 0.453 e. The quantitative estimate of drug-likeness (QED) is 0.342. The van der Waals surface area contributed by atoms with Crippen LogP contribution in [0.5, 0.6) is 17.2 Å². The summed E-state index contributed by atoms with van der Waals surface area (Å²) in [5.74, 6) is -2.01. The summed E-state index contributed by atoms with van der Waals surface area (Å²) in [4.78, 5) is 12.9. The van der Waals surface area contributed by atoms with Crippen LogP contribution in [0.1, 0.15) is 22.5 Å². The van der Waals surface area contributed by atoms with Crippen LogP contribution in [0.15, 0.2) is 75.9 Å². The van der Waals surface area contributed by atoms with Crippen LogP contribution in [0.2, 0.25) is 0 Å². The van der Waals surface area contributed by atoms with Gasteiger partial charge in [0.05, 0.1) is 5.39 Å². The van der Waals surface area contributed by atoms with E-state index in [4.69, 9.17) is 13.9 Å². The van der Waals surface area contributed by atoms with Crippen molar-refractivity contribution in [2.45, 2.75) is 26.6 Å². The second-order valence-corrected chi connectivity index (χ2v) is 7.44. The summed E-state index contributed by atoms with van der Waals surface area (Å²) in [6, 6.07) is 18.1. The molecule has 7 heteroatoms. The van der Waals surface area contributed by atoms with E-state index < -0.39 is 23.1 Å². The minimum Gasteiger partial charge on any atom is -0.489 e. The van der Waals surface area contributed by atoms with Crippen LogP contribution in [-0.2, 0) is 12.8 Å². The van der Waals surface area contributed by atoms with Gasteiger partial charge in [0.15, 0.2) is 0 Å². The van der Waals surface area contributed by atoms with Gasteiger partial charge in [0.2, 0.25) is 11.2 Å². The van der Waals surface area contributed by atoms with Gasteiger partial charge in [-0.05, 0) is 43.7 Å². The summed E-state index contributed by atoms with van der Waals surface area (Å²) in [5, 5.41) is -0.0389. The van der Waals surface area contributed by atoms with Gasteiger partial charge in [0.25, 0.3) is 5.76 Å². The molecule has 0 radical (unpaired) electrons. The predicted molar refractivity (Wildman–Crippen MR) is 114 cm³/mol. The molecule has 4 nitrogen and oxygen atoms in total. The molecule has 0 aliphatic heterocycles. The number of benzene rings is 3. The Balaban J connectivity index is 1.72. The molecular weight excluding hydrogens is 421 g/mol. The first-order chi connectivity index (χ1) is 15.2. The highest BCUT2D eigenvalue weighted by molar-refractivity contribution is 5.79. The number of rotatable bonds is 5. The van der Waals surface area contributed by atoms with Crippen molar-refractivity contribution in [1.82, 2.24) is 0 Å². The zero-order valence-electron chi connectivity index (χ0n) is 17.3. The summed E-state index contributed by atoms with van der Waals surface area (Å²) in [7, 11) is 0. The first-order valence-corrected chi connectivity index (χ1v) is 9.81. The lowest BCUT2D eigenvalue weighted by Crippen LogP contribution is -2.15. The largest absolute Gasteiger partial charge is 0.489 e. The summed E-state index contributed by atoms with van der Waals surface area (Å²) < 4.78 is 57.2. The number of fused-ring (bicyclic) bond motifs is 1. The Kier molecular flexibility index (Phi) is 5.65. The van der Waals surface area contributed by atoms with Gasteiger partial charge >= 0.3 is 6.18 Å². The molecule has 1 aromatic heterocycles. The molecule has 3 aromatic carbocycles. The molecular formula is C25H19F3O4. The Labute approximate surface area is 181 Å². The van der Waals surface area contributed by atoms with Crippen LogP contribution in [0.4, 0.5) is 13.2 Å². The molecule has 4 aromatic rings. The lowest BCUT2D eigenvalue weighted by atomic mass is 10.1. The SMILES string of the molecule is Cc1ccc(Oc2c(C(F)(F)F)oc3cc(OCc4cccc(C)c4)ccc3c2=O)cc1. The van der Waals surface area contributed by atoms with Crippen molar-refractivity contribution in [2.75, 3.05) is 0 Å². The Morgan fingerprint density at radius 1 is 0.875 bits per heavy atom. The molecule has 0 aliphatic carbocycles. The smallest absolute Gasteiger partial charge is 0.453 e. The van der Waals surface area contributed by atoms with Crippen LogP contribution in [0.3, 0.4) is 0 Å². The highest BCUT2D eigenvalue weighted by atomic mass is 19.4. The first kappa shape index (κ1) is 21.5. The van der Waals surface area contributed by atoms with Crippen LogP contribution in [0.25, 0.3) is 11.0 Å². The van der Waals surface area contributed by atoms with Crippen molar-refractivity contribution in [1.29, 1.82) is 0 Å². The first-order valence-electron chi connectivity index (χ1n) is 9.81. The van der Waals surface area contributed by atoms with E-state index in [1.54, 1.807) is 12.1 Å². The van der Waals surface area contributed by atoms with Crippen molar-refractivity contribution in [3.8, 4) is 17.2 Å². The lowest BCUT2D eigenvalue weighted by molar-refractivity contribution is -0.154. The molecule has 4 rings (SSSR count). The number of ether oxygens (including phenoxy) is 2. The average molecular weight is 440 g/mol. The predicted octanol–water partition coefficient (Wildman–Crippen LogP) is 6.80. The molecule has 32 heavy (non-hydrogen) atoms. The number of hydrogen-bond acceptors (Lipinski definition) is 4. The Hall–Kier alpha value is -3.74. The topological polar surface area (TPSA) is 48.7 Å². The fraction of sp³-hybridized carbons (Fsp3) is 0.160. The molecule has 164 valence electrons. The third-order valence-electron chi connectivity index (χ3n) is 4.81. The maximum atomic E-state index is 13.7. The fourth-order valence-corrected chi connectivity index (χ4v) is 3.22. The van der Waals surface area contributed by atoms with Crippen molar-refractivity contribution in [3.05, 3.63) is 99.4 Å². The van der Waals surface area contributed by atoms with E-state index >= 15 is 0 Å². The summed E-state index contributed by atoms with van der Waals surface area (Å²) in [6.45, 7) is 4.00. The average Bonchev–Trinajstić information content (AvgIpc) is 2.75. The third kappa shape index (κ3) is 4.61. The minimum absolute atomic E-state index is 0.0389. The monoisotopic (exact) mass is 440 g/mol. The maximum absolute atomic E-state index is 13.7. The Morgan fingerprint density at radius 3 is 2.28 bits per heavy atom. The van der Waals surface area contributed by atoms with Gasteiger partial charge in [-0.2, -0.15) is 13.2 Å². The van der Waals surface area contributed by atoms with Gasteiger partial charge < -0.3 is 13.9 Å². The molecule has 0 atom stereocenters. The fourth-order valence-electron chi connectivity index (χ4n) is 3.22. The van der Waals surface area contributed by atoms with E-state index in [0.717, 1.165) is 16.7 Å². The summed E-state index contributed by atoms with van der Waals surface area (Å²) in [5.41, 5.74) is 1.72. The van der Waals surface area contributed by atoms with Crippen molar-refractivity contribution in [3.63, 3.8) is 0 Å². The van der Waals surface area contributed by atoms with Crippen LogP contribution < -0.4 is 14.9 Å². The minimum atomic E-state index is -4.92. The zero-order chi connectivity index (χ0) is 22.9. The molecule has 0 saturated carbocycles. The van der Waals surface area contributed by atoms with Gasteiger partial charge in [0, 0.05) is 6.07 Å². The molecule has 1 heterocycles. The molecule has 0 unspecified atom stereocenters. The second-order valence-electron chi connectivity index (χ2n) is 7.44. The summed E-state index contributed by atoms with van der Waals surface area (Å²) in [6.07, 6.45) is -4.92. The molecule has 0 spiro atoms. The van der Waals surface area contributed by atoms with E-state index in [1.165, 1.54) is 30.3 Å². The van der Waals surface area contributed by atoms with Crippen molar-refractivity contribution < 1.29 is 27.1 Å². The Bertz CT molecular complexity index is 1320.